The summed E-state index contributed by atoms with van der Waals surface area (Å²) >= 11 is 4.90. The van der Waals surface area contributed by atoms with Gasteiger partial charge in [0.15, 0.2) is 23.1 Å². The number of ether oxygens (including phenoxy) is 2. The van der Waals surface area contributed by atoms with Crippen LogP contribution in [0.3, 0.4) is 0 Å². The van der Waals surface area contributed by atoms with Gasteiger partial charge in [-0.3, -0.25) is 9.59 Å². The lowest BCUT2D eigenvalue weighted by atomic mass is 10.2. The van der Waals surface area contributed by atoms with Crippen molar-refractivity contribution in [3.05, 3.63) is 91.1 Å². The molecule has 0 radical (unpaired) electrons. The van der Waals surface area contributed by atoms with Crippen LogP contribution in [-0.2, 0) is 4.79 Å². The number of aromatic nitrogens is 2. The second kappa shape index (κ2) is 10.1. The Morgan fingerprint density at radius 3 is 2.64 bits per heavy atom. The number of rotatable bonds is 7. The van der Waals surface area contributed by atoms with Crippen molar-refractivity contribution in [3.8, 4) is 11.5 Å². The quantitative estimate of drug-likeness (QED) is 0.303. The van der Waals surface area contributed by atoms with Gasteiger partial charge >= 0.3 is 0 Å². The first kappa shape index (κ1) is 24.0. The molecule has 1 N–H and O–H groups in total. The first-order valence-corrected chi connectivity index (χ1v) is 12.9. The third-order valence-corrected chi connectivity index (χ3v) is 7.14. The highest BCUT2D eigenvalue weighted by Crippen LogP contribution is 2.34. The number of halogens is 1. The maximum absolute atomic E-state index is 13.1. The number of aryl methyl sites for hydroxylation is 1. The van der Waals surface area contributed by atoms with Crippen molar-refractivity contribution in [2.45, 2.75) is 13.8 Å². The van der Waals surface area contributed by atoms with Crippen molar-refractivity contribution in [3.63, 3.8) is 0 Å². The number of nitrogens with one attached hydrogen (secondary N) is 1. The third-order valence-electron chi connectivity index (χ3n) is 5.49. The molecule has 0 aliphatic heterocycles. The minimum absolute atomic E-state index is 0.123. The predicted molar refractivity (Wildman–Crippen MR) is 146 cm³/mol. The van der Waals surface area contributed by atoms with Crippen LogP contribution in [0.1, 0.15) is 18.1 Å². The summed E-state index contributed by atoms with van der Waals surface area (Å²) in [7, 11) is 0. The number of nitrogens with zero attached hydrogens (tertiary/aromatic N) is 2. The van der Waals surface area contributed by atoms with E-state index >= 15 is 0 Å². The number of fused-ring (bicyclic) bond motifs is 3. The van der Waals surface area contributed by atoms with Gasteiger partial charge in [-0.1, -0.05) is 57.1 Å². The highest BCUT2D eigenvalue weighted by molar-refractivity contribution is 9.10. The van der Waals surface area contributed by atoms with Crippen LogP contribution in [0.5, 0.6) is 11.5 Å². The summed E-state index contributed by atoms with van der Waals surface area (Å²) in [6.07, 6.45) is 1.80. The Balaban J connectivity index is 1.42. The zero-order valence-electron chi connectivity index (χ0n) is 19.6. The van der Waals surface area contributed by atoms with Crippen LogP contribution < -0.4 is 24.9 Å². The van der Waals surface area contributed by atoms with Crippen molar-refractivity contribution >= 4 is 60.9 Å². The van der Waals surface area contributed by atoms with Gasteiger partial charge in [0.25, 0.3) is 11.5 Å². The van der Waals surface area contributed by atoms with Crippen molar-refractivity contribution in [1.82, 2.24) is 9.38 Å². The zero-order valence-corrected chi connectivity index (χ0v) is 22.0. The zero-order chi connectivity index (χ0) is 25.2. The van der Waals surface area contributed by atoms with E-state index < -0.39 is 0 Å². The average molecular weight is 564 g/mol. The average Bonchev–Trinajstić information content (AvgIpc) is 3.37. The molecule has 7 nitrogen and oxygen atoms in total. The van der Waals surface area contributed by atoms with Crippen LogP contribution in [0.2, 0.25) is 0 Å². The number of anilines is 1. The van der Waals surface area contributed by atoms with Crippen molar-refractivity contribution in [1.29, 1.82) is 0 Å². The smallest absolute Gasteiger partial charge is 0.274 e. The number of amides is 1. The minimum Gasteiger partial charge on any atom is -0.490 e. The molecule has 0 atom stereocenters. The molecule has 3 aromatic carbocycles. The fourth-order valence-electron chi connectivity index (χ4n) is 3.77. The Morgan fingerprint density at radius 1 is 1.11 bits per heavy atom. The molecule has 0 aliphatic rings. The van der Waals surface area contributed by atoms with Gasteiger partial charge in [0.1, 0.15) is 0 Å². The lowest BCUT2D eigenvalue weighted by molar-refractivity contribution is -0.118. The van der Waals surface area contributed by atoms with E-state index in [9.17, 15) is 9.59 Å². The first-order chi connectivity index (χ1) is 17.4. The third kappa shape index (κ3) is 4.84. The Morgan fingerprint density at radius 2 is 1.86 bits per heavy atom. The summed E-state index contributed by atoms with van der Waals surface area (Å²) in [5, 5.41) is 2.81. The van der Waals surface area contributed by atoms with E-state index in [4.69, 9.17) is 9.47 Å². The van der Waals surface area contributed by atoms with Crippen LogP contribution in [0.25, 0.3) is 22.1 Å². The molecule has 0 bridgehead atoms. The number of hydrogen-bond donors (Lipinski definition) is 1. The SMILES string of the molecule is CCOc1cc(/C=c2\sc3nc4ccccc4n3c2=O)c(Br)cc1OCC(=O)Nc1ccc(C)cc1. The van der Waals surface area contributed by atoms with Crippen LogP contribution in [0, 0.1) is 6.92 Å². The lowest BCUT2D eigenvalue weighted by Crippen LogP contribution is -2.22. The number of carbonyl (C=O) groups is 1. The largest absolute Gasteiger partial charge is 0.490 e. The molecule has 0 spiro atoms. The molecule has 5 aromatic rings. The predicted octanol–water partition coefficient (Wildman–Crippen LogP) is 4.94. The number of hydrogen-bond acceptors (Lipinski definition) is 6. The molecule has 0 saturated heterocycles. The maximum Gasteiger partial charge on any atom is 0.274 e. The highest BCUT2D eigenvalue weighted by Gasteiger charge is 2.14. The molecule has 0 fully saturated rings. The van der Waals surface area contributed by atoms with E-state index in [1.807, 2.05) is 62.4 Å². The second-order valence-corrected chi connectivity index (χ2v) is 9.95. The van der Waals surface area contributed by atoms with E-state index in [1.54, 1.807) is 22.6 Å². The summed E-state index contributed by atoms with van der Waals surface area (Å²) in [4.78, 5) is 30.7. The molecular formula is C27H22BrN3O4S. The normalized spacial score (nSPS) is 11.8. The minimum atomic E-state index is -0.279. The van der Waals surface area contributed by atoms with Crippen LogP contribution in [0.15, 0.2) is 69.9 Å². The van der Waals surface area contributed by atoms with Gasteiger partial charge in [0.05, 0.1) is 22.2 Å². The standard InChI is InChI=1S/C27H22BrN3O4S/c1-3-34-22-12-17(13-24-26(33)31-21-7-5-4-6-20(21)30-27(31)36-24)19(28)14-23(22)35-15-25(32)29-18-10-8-16(2)9-11-18/h4-14H,3,15H2,1-2H3,(H,29,32)/b24-13-. The van der Waals surface area contributed by atoms with Crippen molar-refractivity contribution in [2.75, 3.05) is 18.5 Å². The van der Waals surface area contributed by atoms with Crippen molar-refractivity contribution < 1.29 is 14.3 Å². The summed E-state index contributed by atoms with van der Waals surface area (Å²) in [6.45, 7) is 4.09. The second-order valence-electron chi connectivity index (χ2n) is 8.09. The van der Waals surface area contributed by atoms with Gasteiger partial charge in [0, 0.05) is 10.2 Å². The summed E-state index contributed by atoms with van der Waals surface area (Å²) in [5.41, 5.74) is 4.02. The molecule has 0 aliphatic carbocycles. The van der Waals surface area contributed by atoms with E-state index in [0.717, 1.165) is 22.2 Å². The van der Waals surface area contributed by atoms with Gasteiger partial charge in [-0.15, -0.1) is 0 Å². The molecule has 0 unspecified atom stereocenters. The van der Waals surface area contributed by atoms with E-state index in [2.05, 4.69) is 26.2 Å². The maximum atomic E-state index is 13.1. The van der Waals surface area contributed by atoms with Crippen molar-refractivity contribution in [2.24, 2.45) is 0 Å². The molecular weight excluding hydrogens is 542 g/mol. The monoisotopic (exact) mass is 563 g/mol. The van der Waals surface area contributed by atoms with Gasteiger partial charge in [0.2, 0.25) is 0 Å². The topological polar surface area (TPSA) is 81.9 Å². The molecule has 5 rings (SSSR count). The Labute approximate surface area is 219 Å². The number of thiazole rings is 1. The molecule has 0 saturated carbocycles. The molecule has 2 aromatic heterocycles. The van der Waals surface area contributed by atoms with E-state index in [0.29, 0.717) is 37.8 Å². The summed E-state index contributed by atoms with van der Waals surface area (Å²) < 4.78 is 14.5. The lowest BCUT2D eigenvalue weighted by Gasteiger charge is -2.14. The van der Waals surface area contributed by atoms with Gasteiger partial charge < -0.3 is 14.8 Å². The highest BCUT2D eigenvalue weighted by atomic mass is 79.9. The van der Waals surface area contributed by atoms with E-state index in [1.165, 1.54) is 11.3 Å². The van der Waals surface area contributed by atoms with Gasteiger partial charge in [-0.2, -0.15) is 0 Å². The van der Waals surface area contributed by atoms with Crippen LogP contribution in [-0.4, -0.2) is 28.5 Å². The number of imidazole rings is 1. The molecule has 1 amide bonds. The summed E-state index contributed by atoms with van der Waals surface area (Å²) in [5.74, 6) is 0.627. The Bertz CT molecular complexity index is 1690. The fraction of sp³-hybridized carbons (Fsp3) is 0.148. The molecule has 182 valence electrons. The number of para-hydroxylation sites is 2. The van der Waals surface area contributed by atoms with Crippen LogP contribution >= 0.6 is 27.3 Å². The van der Waals surface area contributed by atoms with Gasteiger partial charge in [-0.25, -0.2) is 9.38 Å². The van der Waals surface area contributed by atoms with Gasteiger partial charge in [-0.05, 0) is 61.9 Å². The van der Waals surface area contributed by atoms with Crippen LogP contribution in [0.4, 0.5) is 5.69 Å². The number of carbonyl (C=O) groups excluding carboxylic acids is 1. The Kier molecular flexibility index (Phi) is 6.75. The fourth-order valence-corrected chi connectivity index (χ4v) is 5.19. The molecule has 2 heterocycles. The number of benzene rings is 3. The Hall–Kier alpha value is -3.69. The summed E-state index contributed by atoms with van der Waals surface area (Å²) in [6, 6.07) is 18.6. The first-order valence-electron chi connectivity index (χ1n) is 11.3. The molecule has 9 heteroatoms. The van der Waals surface area contributed by atoms with E-state index in [-0.39, 0.29) is 18.1 Å². The molecule has 36 heavy (non-hydrogen) atoms.